The zero-order valence-electron chi connectivity index (χ0n) is 11.1. The summed E-state index contributed by atoms with van der Waals surface area (Å²) in [4.78, 5) is 0. The van der Waals surface area contributed by atoms with E-state index in [0.29, 0.717) is 0 Å². The summed E-state index contributed by atoms with van der Waals surface area (Å²) < 4.78 is 0. The fourth-order valence-corrected chi connectivity index (χ4v) is 1.74. The second-order valence-corrected chi connectivity index (χ2v) is 5.42. The van der Waals surface area contributed by atoms with Gasteiger partial charge in [0.15, 0.2) is 0 Å². The van der Waals surface area contributed by atoms with Crippen LogP contribution in [0.4, 0.5) is 11.4 Å². The van der Waals surface area contributed by atoms with Gasteiger partial charge in [0, 0.05) is 24.5 Å². The third-order valence-electron chi connectivity index (χ3n) is 3.06. The number of aliphatic hydroxyl groups excluding tert-OH is 1. The number of rotatable bonds is 6. The molecule has 0 atom stereocenters. The number of nitrogens with two attached hydrogens (primary N) is 1. The van der Waals surface area contributed by atoms with Crippen LogP contribution in [0.1, 0.15) is 32.3 Å². The molecule has 1 aromatic rings. The van der Waals surface area contributed by atoms with Crippen LogP contribution in [0.3, 0.4) is 0 Å². The largest absolute Gasteiger partial charge is 0.398 e. The highest BCUT2D eigenvalue weighted by molar-refractivity contribution is 5.58. The number of nitrogens with one attached hydrogen (secondary N) is 1. The minimum atomic E-state index is 0.183. The van der Waals surface area contributed by atoms with E-state index in [0.717, 1.165) is 36.3 Å². The van der Waals surface area contributed by atoms with Crippen molar-refractivity contribution in [2.45, 2.75) is 33.6 Å². The number of aliphatic hydroxyl groups is 1. The highest BCUT2D eigenvalue weighted by Crippen LogP contribution is 2.24. The first kappa shape index (κ1) is 13.8. The minimum absolute atomic E-state index is 0.183. The summed E-state index contributed by atoms with van der Waals surface area (Å²) in [6.07, 6.45) is 1.86. The van der Waals surface area contributed by atoms with E-state index in [1.165, 1.54) is 0 Å². The fraction of sp³-hybridized carbons (Fsp3) is 0.571. The van der Waals surface area contributed by atoms with Gasteiger partial charge >= 0.3 is 0 Å². The molecular formula is C14H24N2O. The standard InChI is InChI=1S/C14H24N2O/c1-11-5-6-12(9-13(11)15)16-10-14(2,3)7-4-8-17/h5-6,9,16-17H,4,7-8,10,15H2,1-3H3. The summed E-state index contributed by atoms with van der Waals surface area (Å²) in [7, 11) is 0. The van der Waals surface area contributed by atoms with Crippen molar-refractivity contribution < 1.29 is 5.11 Å². The number of nitrogen functional groups attached to an aromatic ring is 1. The van der Waals surface area contributed by atoms with E-state index in [1.54, 1.807) is 0 Å². The number of aryl methyl sites for hydroxylation is 1. The Kier molecular flexibility index (Phi) is 4.82. The highest BCUT2D eigenvalue weighted by atomic mass is 16.2. The Bertz CT molecular complexity index is 361. The summed E-state index contributed by atoms with van der Waals surface area (Å²) in [6, 6.07) is 6.05. The monoisotopic (exact) mass is 236 g/mol. The number of hydrogen-bond acceptors (Lipinski definition) is 3. The van der Waals surface area contributed by atoms with Crippen LogP contribution in [-0.4, -0.2) is 18.3 Å². The van der Waals surface area contributed by atoms with Crippen molar-refractivity contribution >= 4 is 11.4 Å². The van der Waals surface area contributed by atoms with Gasteiger partial charge in [0.25, 0.3) is 0 Å². The third kappa shape index (κ3) is 4.65. The molecule has 1 aromatic carbocycles. The maximum atomic E-state index is 8.84. The smallest absolute Gasteiger partial charge is 0.0431 e. The van der Waals surface area contributed by atoms with Crippen LogP contribution in [0, 0.1) is 12.3 Å². The Morgan fingerprint density at radius 1 is 1.35 bits per heavy atom. The Hall–Kier alpha value is -1.22. The first-order valence-corrected chi connectivity index (χ1v) is 6.15. The van der Waals surface area contributed by atoms with Crippen molar-refractivity contribution in [2.75, 3.05) is 24.2 Å². The lowest BCUT2D eigenvalue weighted by Crippen LogP contribution is -2.23. The average molecular weight is 236 g/mol. The number of hydrogen-bond donors (Lipinski definition) is 3. The van der Waals surface area contributed by atoms with Crippen LogP contribution >= 0.6 is 0 Å². The second-order valence-electron chi connectivity index (χ2n) is 5.42. The Balaban J connectivity index is 2.51. The molecule has 0 aliphatic heterocycles. The van der Waals surface area contributed by atoms with Crippen LogP contribution in [-0.2, 0) is 0 Å². The van der Waals surface area contributed by atoms with E-state index in [-0.39, 0.29) is 12.0 Å². The Morgan fingerprint density at radius 3 is 2.65 bits per heavy atom. The van der Waals surface area contributed by atoms with Crippen LogP contribution in [0.15, 0.2) is 18.2 Å². The maximum absolute atomic E-state index is 8.84. The van der Waals surface area contributed by atoms with Crippen molar-refractivity contribution in [2.24, 2.45) is 5.41 Å². The lowest BCUT2D eigenvalue weighted by atomic mass is 9.88. The zero-order valence-corrected chi connectivity index (χ0v) is 11.1. The minimum Gasteiger partial charge on any atom is -0.398 e. The van der Waals surface area contributed by atoms with Crippen molar-refractivity contribution in [1.29, 1.82) is 0 Å². The molecule has 0 heterocycles. The Labute approximate surface area is 104 Å². The van der Waals surface area contributed by atoms with Crippen molar-refractivity contribution in [3.63, 3.8) is 0 Å². The molecule has 96 valence electrons. The summed E-state index contributed by atoms with van der Waals surface area (Å²) in [5.41, 5.74) is 9.04. The van der Waals surface area contributed by atoms with Gasteiger partial charge in [-0.05, 0) is 42.9 Å². The molecule has 3 heteroatoms. The predicted octanol–water partition coefficient (Wildman–Crippen LogP) is 2.79. The van der Waals surface area contributed by atoms with Crippen molar-refractivity contribution in [3.8, 4) is 0 Å². The predicted molar refractivity (Wildman–Crippen MR) is 74.2 cm³/mol. The van der Waals surface area contributed by atoms with Gasteiger partial charge in [0.2, 0.25) is 0 Å². The molecule has 0 bridgehead atoms. The van der Waals surface area contributed by atoms with Gasteiger partial charge < -0.3 is 16.2 Å². The van der Waals surface area contributed by atoms with Gasteiger partial charge in [0.05, 0.1) is 0 Å². The molecule has 3 nitrogen and oxygen atoms in total. The van der Waals surface area contributed by atoms with E-state index in [1.807, 2.05) is 25.1 Å². The average Bonchev–Trinajstić information content (AvgIpc) is 2.28. The van der Waals surface area contributed by atoms with Gasteiger partial charge in [-0.15, -0.1) is 0 Å². The topological polar surface area (TPSA) is 58.3 Å². The highest BCUT2D eigenvalue weighted by Gasteiger charge is 2.16. The number of benzene rings is 1. The van der Waals surface area contributed by atoms with Crippen molar-refractivity contribution in [3.05, 3.63) is 23.8 Å². The summed E-state index contributed by atoms with van der Waals surface area (Å²) in [6.45, 7) is 7.56. The molecule has 0 aromatic heterocycles. The van der Waals surface area contributed by atoms with E-state index in [4.69, 9.17) is 10.8 Å². The first-order chi connectivity index (χ1) is 7.94. The van der Waals surface area contributed by atoms with E-state index >= 15 is 0 Å². The van der Waals surface area contributed by atoms with Crippen LogP contribution in [0.5, 0.6) is 0 Å². The van der Waals surface area contributed by atoms with Crippen LogP contribution in [0.2, 0.25) is 0 Å². The van der Waals surface area contributed by atoms with Crippen LogP contribution < -0.4 is 11.1 Å². The Morgan fingerprint density at radius 2 is 2.06 bits per heavy atom. The first-order valence-electron chi connectivity index (χ1n) is 6.15. The van der Waals surface area contributed by atoms with Crippen molar-refractivity contribution in [1.82, 2.24) is 0 Å². The summed E-state index contributed by atoms with van der Waals surface area (Å²) >= 11 is 0. The molecule has 0 fully saturated rings. The molecular weight excluding hydrogens is 212 g/mol. The lowest BCUT2D eigenvalue weighted by molar-refractivity contribution is 0.248. The quantitative estimate of drug-likeness (QED) is 0.666. The fourth-order valence-electron chi connectivity index (χ4n) is 1.74. The molecule has 0 amide bonds. The van der Waals surface area contributed by atoms with E-state index in [2.05, 4.69) is 19.2 Å². The molecule has 0 unspecified atom stereocenters. The normalized spacial score (nSPS) is 11.5. The number of anilines is 2. The summed E-state index contributed by atoms with van der Waals surface area (Å²) in [5.74, 6) is 0. The molecule has 17 heavy (non-hydrogen) atoms. The van der Waals surface area contributed by atoms with Gasteiger partial charge in [-0.25, -0.2) is 0 Å². The molecule has 4 N–H and O–H groups in total. The van der Waals surface area contributed by atoms with E-state index < -0.39 is 0 Å². The van der Waals surface area contributed by atoms with E-state index in [9.17, 15) is 0 Å². The van der Waals surface area contributed by atoms with Crippen LogP contribution in [0.25, 0.3) is 0 Å². The SMILES string of the molecule is Cc1ccc(NCC(C)(C)CCCO)cc1N. The maximum Gasteiger partial charge on any atom is 0.0431 e. The molecule has 0 aliphatic rings. The molecule has 0 radical (unpaired) electrons. The molecule has 1 rings (SSSR count). The van der Waals surface area contributed by atoms with Gasteiger partial charge in [-0.1, -0.05) is 19.9 Å². The van der Waals surface area contributed by atoms with Gasteiger partial charge in [-0.2, -0.15) is 0 Å². The molecule has 0 spiro atoms. The van der Waals surface area contributed by atoms with Gasteiger partial charge in [-0.3, -0.25) is 0 Å². The molecule has 0 saturated carbocycles. The second kappa shape index (κ2) is 5.92. The molecule has 0 aliphatic carbocycles. The lowest BCUT2D eigenvalue weighted by Gasteiger charge is -2.25. The van der Waals surface area contributed by atoms with Gasteiger partial charge in [0.1, 0.15) is 0 Å². The third-order valence-corrected chi connectivity index (χ3v) is 3.06. The zero-order chi connectivity index (χ0) is 12.9. The molecule has 0 saturated heterocycles. The summed E-state index contributed by atoms with van der Waals surface area (Å²) in [5, 5.41) is 12.2.